The molecule has 1 aliphatic carbocycles. The summed E-state index contributed by atoms with van der Waals surface area (Å²) in [6.07, 6.45) is 3.17. The zero-order valence-corrected chi connectivity index (χ0v) is 15.0. The molecule has 134 valence electrons. The molecule has 0 spiro atoms. The Morgan fingerprint density at radius 1 is 1.19 bits per heavy atom. The molecule has 27 heavy (non-hydrogen) atoms. The largest absolute Gasteiger partial charge is 0.475 e. The van der Waals surface area contributed by atoms with Crippen LogP contribution in [-0.2, 0) is 18.2 Å². The molecular weight excluding hydrogens is 338 g/mol. The number of hydrogen-bond donors (Lipinski definition) is 1. The second-order valence-corrected chi connectivity index (χ2v) is 7.40. The van der Waals surface area contributed by atoms with E-state index in [4.69, 9.17) is 10.00 Å². The highest BCUT2D eigenvalue weighted by Crippen LogP contribution is 2.66. The Labute approximate surface area is 157 Å². The van der Waals surface area contributed by atoms with E-state index < -0.39 is 11.2 Å². The molecule has 1 saturated carbocycles. The molecule has 2 aliphatic rings. The normalized spacial score (nSPS) is 28.3. The van der Waals surface area contributed by atoms with Gasteiger partial charge in [0.2, 0.25) is 0 Å². The zero-order valence-electron chi connectivity index (χ0n) is 15.0. The van der Waals surface area contributed by atoms with Gasteiger partial charge in [0.15, 0.2) is 17.0 Å². The summed E-state index contributed by atoms with van der Waals surface area (Å²) in [6.45, 7) is 0. The van der Waals surface area contributed by atoms with Crippen molar-refractivity contribution < 1.29 is 9.84 Å². The highest BCUT2D eigenvalue weighted by molar-refractivity contribution is 5.50. The summed E-state index contributed by atoms with van der Waals surface area (Å²) in [6, 6.07) is 19.7. The molecular formula is C22H19N3O2. The summed E-state index contributed by atoms with van der Waals surface area (Å²) < 4.78 is 8.23. The first-order valence-electron chi connectivity index (χ1n) is 9.09. The van der Waals surface area contributed by atoms with Gasteiger partial charge >= 0.3 is 0 Å². The summed E-state index contributed by atoms with van der Waals surface area (Å²) in [5, 5.41) is 25.6. The fourth-order valence-electron chi connectivity index (χ4n) is 4.86. The van der Waals surface area contributed by atoms with Crippen molar-refractivity contribution >= 4 is 0 Å². The molecule has 0 bridgehead atoms. The van der Waals surface area contributed by atoms with Crippen LogP contribution in [0, 0.1) is 11.3 Å². The maximum Gasteiger partial charge on any atom is 0.175 e. The number of aromatic nitrogens is 2. The van der Waals surface area contributed by atoms with Gasteiger partial charge in [0.1, 0.15) is 5.69 Å². The van der Waals surface area contributed by atoms with Crippen molar-refractivity contribution in [3.63, 3.8) is 0 Å². The van der Waals surface area contributed by atoms with Crippen LogP contribution >= 0.6 is 0 Å². The number of hydrogen-bond acceptors (Lipinski definition) is 4. The Morgan fingerprint density at radius 3 is 2.63 bits per heavy atom. The van der Waals surface area contributed by atoms with Gasteiger partial charge in [-0.25, -0.2) is 0 Å². The van der Waals surface area contributed by atoms with Crippen LogP contribution < -0.4 is 4.74 Å². The maximum absolute atomic E-state index is 11.9. The lowest BCUT2D eigenvalue weighted by Crippen LogP contribution is -2.48. The Morgan fingerprint density at radius 2 is 1.93 bits per heavy atom. The predicted octanol–water partition coefficient (Wildman–Crippen LogP) is 3.34. The van der Waals surface area contributed by atoms with Crippen molar-refractivity contribution in [3.05, 3.63) is 83.2 Å². The quantitative estimate of drug-likeness (QED) is 0.763. The number of nitrogens with zero attached hydrogens (tertiary/aromatic N) is 3. The number of nitriles is 1. The van der Waals surface area contributed by atoms with Crippen molar-refractivity contribution in [1.82, 2.24) is 9.78 Å². The molecule has 1 N–H and O–H groups in total. The average molecular weight is 357 g/mol. The first kappa shape index (κ1) is 16.1. The van der Waals surface area contributed by atoms with Crippen molar-refractivity contribution in [2.24, 2.45) is 7.05 Å². The molecule has 3 atom stereocenters. The predicted molar refractivity (Wildman–Crippen MR) is 99.0 cm³/mol. The molecule has 0 saturated heterocycles. The van der Waals surface area contributed by atoms with Gasteiger partial charge in [-0.05, 0) is 36.1 Å². The van der Waals surface area contributed by atoms with Gasteiger partial charge in [-0.2, -0.15) is 10.4 Å². The summed E-state index contributed by atoms with van der Waals surface area (Å²) in [5.74, 6) is 0.612. The van der Waals surface area contributed by atoms with Crippen molar-refractivity contribution in [1.29, 1.82) is 5.26 Å². The van der Waals surface area contributed by atoms with Crippen LogP contribution in [0.2, 0.25) is 0 Å². The van der Waals surface area contributed by atoms with Crippen LogP contribution in [0.3, 0.4) is 0 Å². The topological polar surface area (TPSA) is 71.1 Å². The van der Waals surface area contributed by atoms with E-state index in [2.05, 4.69) is 23.3 Å². The number of ether oxygens (including phenoxy) is 1. The van der Waals surface area contributed by atoms with Crippen LogP contribution in [0.5, 0.6) is 5.75 Å². The lowest BCUT2D eigenvalue weighted by Gasteiger charge is -2.40. The zero-order chi connectivity index (χ0) is 18.6. The van der Waals surface area contributed by atoms with E-state index >= 15 is 0 Å². The van der Waals surface area contributed by atoms with Gasteiger partial charge in [-0.15, -0.1) is 0 Å². The molecule has 3 aromatic rings. The minimum Gasteiger partial charge on any atom is -0.475 e. The number of aliphatic hydroxyl groups is 1. The SMILES string of the molecule is Cn1cc2c(n1)C1(O)CCC(c3ccccc3)C1(c1ccc(C#N)cc1)O2. The summed E-state index contributed by atoms with van der Waals surface area (Å²) in [7, 11) is 1.83. The third-order valence-corrected chi connectivity index (χ3v) is 6.00. The lowest BCUT2D eigenvalue weighted by atomic mass is 9.73. The molecule has 0 radical (unpaired) electrons. The standard InChI is InChI=1S/C22H19N3O2/c1-25-14-19-20(24-25)21(26)12-11-18(16-5-3-2-4-6-16)22(21,27-19)17-9-7-15(13-23)8-10-17/h2-10,14,18,26H,11-12H2,1H3. The Hall–Kier alpha value is -3.10. The smallest absolute Gasteiger partial charge is 0.175 e. The van der Waals surface area contributed by atoms with Crippen molar-refractivity contribution in [2.45, 2.75) is 30.0 Å². The highest BCUT2D eigenvalue weighted by Gasteiger charge is 2.69. The second kappa shape index (κ2) is 5.45. The average Bonchev–Trinajstić information content (AvgIpc) is 3.28. The minimum atomic E-state index is -1.21. The van der Waals surface area contributed by atoms with Gasteiger partial charge in [0, 0.05) is 13.0 Å². The molecule has 1 aromatic heterocycles. The molecule has 5 nitrogen and oxygen atoms in total. The van der Waals surface area contributed by atoms with Gasteiger partial charge < -0.3 is 9.84 Å². The second-order valence-electron chi connectivity index (χ2n) is 7.40. The van der Waals surface area contributed by atoms with E-state index in [9.17, 15) is 5.11 Å². The maximum atomic E-state index is 11.9. The van der Waals surface area contributed by atoms with E-state index in [1.807, 2.05) is 43.6 Å². The monoisotopic (exact) mass is 357 g/mol. The van der Waals surface area contributed by atoms with Gasteiger partial charge in [0.25, 0.3) is 0 Å². The van der Waals surface area contributed by atoms with E-state index in [0.717, 1.165) is 17.5 Å². The Balaban J connectivity index is 1.74. The summed E-state index contributed by atoms with van der Waals surface area (Å²) >= 11 is 0. The third kappa shape index (κ3) is 1.99. The van der Waals surface area contributed by atoms with Crippen LogP contribution in [0.25, 0.3) is 0 Å². The fraction of sp³-hybridized carbons (Fsp3) is 0.273. The van der Waals surface area contributed by atoms with E-state index in [1.165, 1.54) is 0 Å². The first-order valence-corrected chi connectivity index (χ1v) is 9.09. The Kier molecular flexibility index (Phi) is 3.25. The summed E-state index contributed by atoms with van der Waals surface area (Å²) in [5.41, 5.74) is 1.03. The fourth-order valence-corrected chi connectivity index (χ4v) is 4.86. The molecule has 0 amide bonds. The Bertz CT molecular complexity index is 1050. The molecule has 3 unspecified atom stereocenters. The molecule has 2 aromatic carbocycles. The van der Waals surface area contributed by atoms with Gasteiger partial charge in [-0.1, -0.05) is 42.5 Å². The number of aryl methyl sites for hydroxylation is 1. The first-order chi connectivity index (χ1) is 13.1. The van der Waals surface area contributed by atoms with E-state index in [1.54, 1.807) is 16.8 Å². The molecule has 1 fully saturated rings. The summed E-state index contributed by atoms with van der Waals surface area (Å²) in [4.78, 5) is 0. The van der Waals surface area contributed by atoms with E-state index in [-0.39, 0.29) is 5.92 Å². The minimum absolute atomic E-state index is 0.0175. The molecule has 5 rings (SSSR count). The van der Waals surface area contributed by atoms with Crippen LogP contribution in [-0.4, -0.2) is 14.9 Å². The number of benzene rings is 2. The van der Waals surface area contributed by atoms with Crippen molar-refractivity contribution in [3.8, 4) is 11.8 Å². The van der Waals surface area contributed by atoms with Gasteiger partial charge in [0.05, 0.1) is 17.8 Å². The number of rotatable bonds is 2. The lowest BCUT2D eigenvalue weighted by molar-refractivity contribution is -0.108. The van der Waals surface area contributed by atoms with Gasteiger partial charge in [-0.3, -0.25) is 4.68 Å². The molecule has 2 heterocycles. The molecule has 5 heteroatoms. The number of fused-ring (bicyclic) bond motifs is 3. The highest BCUT2D eigenvalue weighted by atomic mass is 16.5. The molecule has 1 aliphatic heterocycles. The van der Waals surface area contributed by atoms with Crippen LogP contribution in [0.4, 0.5) is 0 Å². The third-order valence-electron chi connectivity index (χ3n) is 6.00. The van der Waals surface area contributed by atoms with Crippen LogP contribution in [0.1, 0.15) is 41.1 Å². The van der Waals surface area contributed by atoms with Crippen molar-refractivity contribution in [2.75, 3.05) is 0 Å². The van der Waals surface area contributed by atoms with E-state index in [0.29, 0.717) is 23.4 Å². The van der Waals surface area contributed by atoms with Crippen LogP contribution in [0.15, 0.2) is 60.8 Å².